The Morgan fingerprint density at radius 2 is 2.35 bits per heavy atom. The lowest BCUT2D eigenvalue weighted by molar-refractivity contribution is 0.285. The van der Waals surface area contributed by atoms with Gasteiger partial charge in [0, 0.05) is 18.8 Å². The topological polar surface area (TPSA) is 29.9 Å². The number of aryl methyl sites for hydroxylation is 2. The van der Waals surface area contributed by atoms with E-state index in [1.807, 2.05) is 10.9 Å². The van der Waals surface area contributed by atoms with Gasteiger partial charge in [-0.25, -0.2) is 0 Å². The molecule has 1 N–H and O–H groups in total. The van der Waals surface area contributed by atoms with Gasteiger partial charge in [-0.05, 0) is 50.6 Å². The van der Waals surface area contributed by atoms with Crippen LogP contribution in [0.5, 0.6) is 0 Å². The maximum atomic E-state index is 4.33. The smallest absolute Gasteiger partial charge is 0.0521 e. The molecule has 1 aliphatic rings. The highest BCUT2D eigenvalue weighted by atomic mass is 15.3. The van der Waals surface area contributed by atoms with Crippen LogP contribution in [-0.2, 0) is 13.0 Å². The first-order valence-corrected chi connectivity index (χ1v) is 7.06. The van der Waals surface area contributed by atoms with Crippen molar-refractivity contribution in [3.8, 4) is 0 Å². The lowest BCUT2D eigenvalue weighted by Gasteiger charge is -2.29. The fraction of sp³-hybridized carbons (Fsp3) is 0.786. The van der Waals surface area contributed by atoms with E-state index in [-0.39, 0.29) is 0 Å². The molecule has 96 valence electrons. The van der Waals surface area contributed by atoms with Crippen molar-refractivity contribution in [2.45, 2.75) is 58.5 Å². The first-order chi connectivity index (χ1) is 8.31. The molecule has 2 unspecified atom stereocenters. The van der Waals surface area contributed by atoms with Crippen LogP contribution in [0.1, 0.15) is 45.1 Å². The molecule has 1 aliphatic heterocycles. The van der Waals surface area contributed by atoms with E-state index in [0.717, 1.165) is 24.9 Å². The molecule has 2 heterocycles. The van der Waals surface area contributed by atoms with Crippen LogP contribution in [0.2, 0.25) is 0 Å². The monoisotopic (exact) mass is 235 g/mol. The van der Waals surface area contributed by atoms with Crippen LogP contribution in [0, 0.1) is 5.92 Å². The van der Waals surface area contributed by atoms with Crippen LogP contribution in [0.25, 0.3) is 0 Å². The zero-order chi connectivity index (χ0) is 12.1. The SMILES string of the molecule is CCC1CCNC(CCc2cnn(CC)c2)C1. The molecule has 2 rings (SSSR count). The van der Waals surface area contributed by atoms with E-state index < -0.39 is 0 Å². The van der Waals surface area contributed by atoms with Crippen molar-refractivity contribution in [2.75, 3.05) is 6.54 Å². The quantitative estimate of drug-likeness (QED) is 0.850. The molecule has 1 saturated heterocycles. The fourth-order valence-corrected chi connectivity index (χ4v) is 2.74. The Balaban J connectivity index is 1.77. The zero-order valence-corrected chi connectivity index (χ0v) is 11.2. The summed E-state index contributed by atoms with van der Waals surface area (Å²) in [4.78, 5) is 0. The van der Waals surface area contributed by atoms with E-state index >= 15 is 0 Å². The van der Waals surface area contributed by atoms with Crippen LogP contribution < -0.4 is 5.32 Å². The average molecular weight is 235 g/mol. The molecule has 2 atom stereocenters. The van der Waals surface area contributed by atoms with Gasteiger partial charge in [-0.2, -0.15) is 5.10 Å². The van der Waals surface area contributed by atoms with E-state index in [2.05, 4.69) is 30.5 Å². The molecule has 0 amide bonds. The number of nitrogens with one attached hydrogen (secondary N) is 1. The summed E-state index contributed by atoms with van der Waals surface area (Å²) in [5.41, 5.74) is 1.38. The molecule has 0 aromatic carbocycles. The van der Waals surface area contributed by atoms with Gasteiger partial charge in [0.2, 0.25) is 0 Å². The molecule has 0 spiro atoms. The summed E-state index contributed by atoms with van der Waals surface area (Å²) in [5.74, 6) is 0.944. The fourth-order valence-electron chi connectivity index (χ4n) is 2.74. The largest absolute Gasteiger partial charge is 0.314 e. The molecule has 0 radical (unpaired) electrons. The molecule has 1 fully saturated rings. The second-order valence-corrected chi connectivity index (χ2v) is 5.19. The minimum Gasteiger partial charge on any atom is -0.314 e. The van der Waals surface area contributed by atoms with Gasteiger partial charge in [0.15, 0.2) is 0 Å². The second-order valence-electron chi connectivity index (χ2n) is 5.19. The van der Waals surface area contributed by atoms with Gasteiger partial charge in [-0.1, -0.05) is 13.3 Å². The third-order valence-corrected chi connectivity index (χ3v) is 3.97. The Bertz CT molecular complexity index is 332. The number of hydrogen-bond acceptors (Lipinski definition) is 2. The molecular formula is C14H25N3. The van der Waals surface area contributed by atoms with Crippen LogP contribution in [0.15, 0.2) is 12.4 Å². The van der Waals surface area contributed by atoms with Crippen molar-refractivity contribution in [3.63, 3.8) is 0 Å². The number of piperidine rings is 1. The predicted octanol–water partition coefficient (Wildman–Crippen LogP) is 2.61. The van der Waals surface area contributed by atoms with E-state index in [9.17, 15) is 0 Å². The molecule has 0 saturated carbocycles. The summed E-state index contributed by atoms with van der Waals surface area (Å²) in [6.45, 7) is 6.63. The van der Waals surface area contributed by atoms with E-state index in [1.54, 1.807) is 0 Å². The summed E-state index contributed by atoms with van der Waals surface area (Å²) in [6, 6.07) is 0.721. The van der Waals surface area contributed by atoms with Crippen molar-refractivity contribution < 1.29 is 0 Å². The van der Waals surface area contributed by atoms with Crippen molar-refractivity contribution in [3.05, 3.63) is 18.0 Å². The Kier molecular flexibility index (Phi) is 4.60. The average Bonchev–Trinajstić information content (AvgIpc) is 2.84. The first-order valence-electron chi connectivity index (χ1n) is 7.06. The summed E-state index contributed by atoms with van der Waals surface area (Å²) in [6.07, 6.45) is 10.7. The van der Waals surface area contributed by atoms with Crippen LogP contribution in [0.4, 0.5) is 0 Å². The Labute approximate surface area is 105 Å². The van der Waals surface area contributed by atoms with Gasteiger partial charge < -0.3 is 5.32 Å². The van der Waals surface area contributed by atoms with Crippen LogP contribution in [0.3, 0.4) is 0 Å². The Hall–Kier alpha value is -0.830. The van der Waals surface area contributed by atoms with Crippen molar-refractivity contribution in [1.82, 2.24) is 15.1 Å². The second kappa shape index (κ2) is 6.20. The van der Waals surface area contributed by atoms with Gasteiger partial charge in [-0.3, -0.25) is 4.68 Å². The number of aromatic nitrogens is 2. The highest BCUT2D eigenvalue weighted by molar-refractivity contribution is 5.04. The van der Waals surface area contributed by atoms with E-state index in [4.69, 9.17) is 0 Å². The molecule has 1 aromatic heterocycles. The molecule has 0 aliphatic carbocycles. The maximum absolute atomic E-state index is 4.33. The highest BCUT2D eigenvalue weighted by Crippen LogP contribution is 2.21. The Morgan fingerprint density at radius 1 is 1.47 bits per heavy atom. The number of rotatable bonds is 5. The van der Waals surface area contributed by atoms with Crippen LogP contribution >= 0.6 is 0 Å². The predicted molar refractivity (Wildman–Crippen MR) is 71.0 cm³/mol. The zero-order valence-electron chi connectivity index (χ0n) is 11.2. The van der Waals surface area contributed by atoms with Crippen molar-refractivity contribution in [2.24, 2.45) is 5.92 Å². The van der Waals surface area contributed by atoms with E-state index in [1.165, 1.54) is 37.8 Å². The van der Waals surface area contributed by atoms with Crippen molar-refractivity contribution in [1.29, 1.82) is 0 Å². The highest BCUT2D eigenvalue weighted by Gasteiger charge is 2.19. The van der Waals surface area contributed by atoms with Crippen molar-refractivity contribution >= 4 is 0 Å². The molecule has 0 bridgehead atoms. The van der Waals surface area contributed by atoms with Gasteiger partial charge >= 0.3 is 0 Å². The lowest BCUT2D eigenvalue weighted by atomic mass is 9.88. The summed E-state index contributed by atoms with van der Waals surface area (Å²) in [7, 11) is 0. The normalized spacial score (nSPS) is 25.1. The summed E-state index contributed by atoms with van der Waals surface area (Å²) < 4.78 is 2.01. The number of hydrogen-bond donors (Lipinski definition) is 1. The van der Waals surface area contributed by atoms with Gasteiger partial charge in [0.1, 0.15) is 0 Å². The van der Waals surface area contributed by atoms with Crippen LogP contribution in [-0.4, -0.2) is 22.4 Å². The molecule has 17 heavy (non-hydrogen) atoms. The summed E-state index contributed by atoms with van der Waals surface area (Å²) in [5, 5.41) is 7.97. The maximum Gasteiger partial charge on any atom is 0.0521 e. The molecule has 3 nitrogen and oxygen atoms in total. The Morgan fingerprint density at radius 3 is 3.06 bits per heavy atom. The minimum absolute atomic E-state index is 0.721. The third-order valence-electron chi connectivity index (χ3n) is 3.97. The lowest BCUT2D eigenvalue weighted by Crippen LogP contribution is -2.38. The molecule has 3 heteroatoms. The molecular weight excluding hydrogens is 210 g/mol. The minimum atomic E-state index is 0.721. The van der Waals surface area contributed by atoms with Gasteiger partial charge in [0.25, 0.3) is 0 Å². The number of nitrogens with zero attached hydrogens (tertiary/aromatic N) is 2. The van der Waals surface area contributed by atoms with Gasteiger partial charge in [0.05, 0.1) is 6.20 Å². The third kappa shape index (κ3) is 3.56. The first kappa shape index (κ1) is 12.6. The molecule has 1 aromatic rings. The standard InChI is InChI=1S/C14H25N3/c1-3-12-7-8-15-14(9-12)6-5-13-10-16-17(4-2)11-13/h10-12,14-15H,3-9H2,1-2H3. The van der Waals surface area contributed by atoms with E-state index in [0.29, 0.717) is 0 Å². The summed E-state index contributed by atoms with van der Waals surface area (Å²) >= 11 is 0. The van der Waals surface area contributed by atoms with Gasteiger partial charge in [-0.15, -0.1) is 0 Å².